The Morgan fingerprint density at radius 1 is 0.382 bits per heavy atom. The third-order valence-corrected chi connectivity index (χ3v) is 19.6. The molecule has 0 aromatic carbocycles. The first kappa shape index (κ1) is 85.9. The van der Waals surface area contributed by atoms with Gasteiger partial charge in [-0.25, -0.2) is 0 Å². The van der Waals surface area contributed by atoms with E-state index in [-0.39, 0.29) is 12.8 Å². The fourth-order valence-corrected chi connectivity index (χ4v) is 13.3. The topological polar surface area (TPSA) is 189 Å². The van der Waals surface area contributed by atoms with Gasteiger partial charge in [0, 0.05) is 0 Å². The monoisotopic (exact) mass is 1260 g/mol. The van der Waals surface area contributed by atoms with E-state index in [9.17, 15) is 40.5 Å². The highest BCUT2D eigenvalue weighted by atomic mass is 16.7. The molecule has 0 aliphatic carbocycles. The van der Waals surface area contributed by atoms with E-state index in [1.54, 1.807) is 0 Å². The molecule has 1 aliphatic heterocycles. The van der Waals surface area contributed by atoms with Crippen molar-refractivity contribution in [2.45, 2.75) is 467 Å². The van der Waals surface area contributed by atoms with Crippen LogP contribution in [0.3, 0.4) is 0 Å². The largest absolute Gasteiger partial charge is 0.394 e. The molecule has 1 saturated heterocycles. The van der Waals surface area contributed by atoms with Crippen molar-refractivity contribution >= 4 is 5.91 Å². The summed E-state index contributed by atoms with van der Waals surface area (Å²) in [6.07, 6.45) is 73.4. The second-order valence-electron chi connectivity index (χ2n) is 28.1. The zero-order chi connectivity index (χ0) is 64.6. The van der Waals surface area contributed by atoms with Crippen molar-refractivity contribution < 1.29 is 50.0 Å². The van der Waals surface area contributed by atoms with Gasteiger partial charge >= 0.3 is 0 Å². The quantitative estimate of drug-likeness (QED) is 0.0215. The molecule has 0 bridgehead atoms. The molecule has 1 amide bonds. The molecule has 9 atom stereocenters. The number of carbonyl (C=O) groups is 1. The molecule has 11 heteroatoms. The van der Waals surface area contributed by atoms with Crippen molar-refractivity contribution in [1.29, 1.82) is 0 Å². The number of aliphatic hydroxyl groups excluding tert-OH is 7. The number of nitrogens with one attached hydrogen (secondary N) is 1. The molecule has 8 N–H and O–H groups in total. The molecule has 1 rings (SSSR count). The molecule has 0 aromatic rings. The Morgan fingerprint density at radius 2 is 0.663 bits per heavy atom. The van der Waals surface area contributed by atoms with Crippen molar-refractivity contribution in [3.63, 3.8) is 0 Å². The van der Waals surface area contributed by atoms with E-state index in [2.05, 4.69) is 31.3 Å². The lowest BCUT2D eigenvalue weighted by atomic mass is 9.98. The molecular formula is C78H153NO10. The fourth-order valence-electron chi connectivity index (χ4n) is 13.3. The van der Waals surface area contributed by atoms with Crippen molar-refractivity contribution in [2.75, 3.05) is 13.2 Å². The number of unbranched alkanes of at least 4 members (excludes halogenated alkanes) is 57. The number of allylic oxidation sites excluding steroid dienone is 2. The highest BCUT2D eigenvalue weighted by Gasteiger charge is 2.44. The first-order chi connectivity index (χ1) is 43.7. The van der Waals surface area contributed by atoms with Gasteiger partial charge in [0.15, 0.2) is 6.29 Å². The average Bonchev–Trinajstić information content (AvgIpc) is 1.72. The summed E-state index contributed by atoms with van der Waals surface area (Å²) in [5.74, 6) is -0.696. The zero-order valence-electron chi connectivity index (χ0n) is 59.0. The lowest BCUT2D eigenvalue weighted by Crippen LogP contribution is -2.60. The highest BCUT2D eigenvalue weighted by Crippen LogP contribution is 2.24. The Hall–Kier alpha value is -1.15. The molecule has 0 radical (unpaired) electrons. The first-order valence-corrected chi connectivity index (χ1v) is 39.6. The van der Waals surface area contributed by atoms with E-state index >= 15 is 0 Å². The molecule has 89 heavy (non-hydrogen) atoms. The Kier molecular flexibility index (Phi) is 64.5. The molecular weight excluding hydrogens is 1110 g/mol. The Balaban J connectivity index is 2.12. The van der Waals surface area contributed by atoms with Crippen LogP contribution in [0.15, 0.2) is 12.2 Å². The fraction of sp³-hybridized carbons (Fsp3) is 0.962. The number of carbonyl (C=O) groups excluding carboxylic acids is 1. The second kappa shape index (κ2) is 66.9. The first-order valence-electron chi connectivity index (χ1n) is 39.6. The van der Waals surface area contributed by atoms with Crippen molar-refractivity contribution in [3.8, 4) is 0 Å². The van der Waals surface area contributed by atoms with Crippen LogP contribution >= 0.6 is 0 Å². The summed E-state index contributed by atoms with van der Waals surface area (Å²) in [4.78, 5) is 13.3. The van der Waals surface area contributed by atoms with Gasteiger partial charge < -0.3 is 50.5 Å². The molecule has 0 saturated carbocycles. The lowest BCUT2D eigenvalue weighted by Gasteiger charge is -2.40. The molecule has 1 aliphatic rings. The normalized spacial score (nSPS) is 18.5. The number of ether oxygens (including phenoxy) is 2. The van der Waals surface area contributed by atoms with E-state index in [1.165, 1.54) is 334 Å². The Morgan fingerprint density at radius 3 is 0.966 bits per heavy atom. The van der Waals surface area contributed by atoms with Crippen LogP contribution in [0.2, 0.25) is 0 Å². The summed E-state index contributed by atoms with van der Waals surface area (Å²) < 4.78 is 11.2. The number of aliphatic hydroxyl groups is 7. The van der Waals surface area contributed by atoms with E-state index in [0.717, 1.165) is 38.5 Å². The third kappa shape index (κ3) is 53.8. The van der Waals surface area contributed by atoms with Gasteiger partial charge in [0.1, 0.15) is 36.6 Å². The smallest absolute Gasteiger partial charge is 0.249 e. The molecule has 1 heterocycles. The van der Waals surface area contributed by atoms with Gasteiger partial charge in [-0.05, 0) is 38.5 Å². The van der Waals surface area contributed by atoms with Crippen LogP contribution in [-0.4, -0.2) is 110 Å². The van der Waals surface area contributed by atoms with Crippen molar-refractivity contribution in [2.24, 2.45) is 0 Å². The standard InChI is InChI=1S/C78H153NO10/c1-3-5-7-9-11-13-15-17-19-21-23-25-27-29-31-32-33-34-35-36-37-38-39-40-42-44-46-48-50-52-54-56-58-60-62-64-66-71(82)77(87)79-69(68-88-78-76(86)75(85)74(84)72(67-80)89-78)73(83)70(81)65-63-61-59-57-55-53-51-49-47-45-43-41-30-28-26-24-22-20-18-16-14-12-10-8-6-4-2/h57,59,69-76,78,80-86H,3-56,58,60-68H2,1-2H3,(H,79,87)/b59-57+. The summed E-state index contributed by atoms with van der Waals surface area (Å²) in [6, 6.07) is -1.18. The van der Waals surface area contributed by atoms with Gasteiger partial charge in [0.25, 0.3) is 0 Å². The van der Waals surface area contributed by atoms with Crippen LogP contribution < -0.4 is 5.32 Å². The van der Waals surface area contributed by atoms with Crippen molar-refractivity contribution in [1.82, 2.24) is 5.32 Å². The van der Waals surface area contributed by atoms with E-state index < -0.39 is 74.2 Å². The SMILES string of the molecule is CCCCCCCCCCCCCCCCCCCCCCC/C=C/CCCC(O)C(O)C(COC1OC(CO)C(O)C(O)C1O)NC(=O)C(O)CCCCCCCCCCCCCCCCCCCCCCCCCCCCCCCCCCCCCC. The molecule has 1 fully saturated rings. The summed E-state index contributed by atoms with van der Waals surface area (Å²) in [5, 5.41) is 76.7. The summed E-state index contributed by atoms with van der Waals surface area (Å²) >= 11 is 0. The Labute approximate surface area is 551 Å². The maximum atomic E-state index is 13.3. The molecule has 0 spiro atoms. The minimum atomic E-state index is -1.67. The maximum Gasteiger partial charge on any atom is 0.249 e. The van der Waals surface area contributed by atoms with Crippen LogP contribution in [0.1, 0.15) is 412 Å². The minimum Gasteiger partial charge on any atom is -0.394 e. The molecule has 9 unspecified atom stereocenters. The van der Waals surface area contributed by atoms with Gasteiger partial charge in [-0.2, -0.15) is 0 Å². The van der Waals surface area contributed by atoms with Gasteiger partial charge in [-0.1, -0.05) is 386 Å². The average molecular weight is 1270 g/mol. The number of rotatable bonds is 71. The zero-order valence-corrected chi connectivity index (χ0v) is 59.0. The lowest BCUT2D eigenvalue weighted by molar-refractivity contribution is -0.303. The summed E-state index contributed by atoms with van der Waals surface area (Å²) in [6.45, 7) is 3.52. The van der Waals surface area contributed by atoms with Crippen LogP contribution in [0.5, 0.6) is 0 Å². The number of hydrogen-bond donors (Lipinski definition) is 8. The Bertz CT molecular complexity index is 1450. The van der Waals surface area contributed by atoms with E-state index in [1.807, 2.05) is 0 Å². The van der Waals surface area contributed by atoms with E-state index in [0.29, 0.717) is 12.8 Å². The molecule has 530 valence electrons. The van der Waals surface area contributed by atoms with Crippen molar-refractivity contribution in [3.05, 3.63) is 12.2 Å². The van der Waals surface area contributed by atoms with Crippen LogP contribution in [0, 0.1) is 0 Å². The van der Waals surface area contributed by atoms with Gasteiger partial charge in [0.05, 0.1) is 25.4 Å². The second-order valence-corrected chi connectivity index (χ2v) is 28.1. The third-order valence-electron chi connectivity index (χ3n) is 19.6. The van der Waals surface area contributed by atoms with Gasteiger partial charge in [-0.3, -0.25) is 4.79 Å². The number of amides is 1. The van der Waals surface area contributed by atoms with Crippen LogP contribution in [0.25, 0.3) is 0 Å². The molecule has 11 nitrogen and oxygen atoms in total. The van der Waals surface area contributed by atoms with Gasteiger partial charge in [-0.15, -0.1) is 0 Å². The minimum absolute atomic E-state index is 0.260. The van der Waals surface area contributed by atoms with Crippen LogP contribution in [0.4, 0.5) is 0 Å². The highest BCUT2D eigenvalue weighted by molar-refractivity contribution is 5.80. The van der Waals surface area contributed by atoms with E-state index in [4.69, 9.17) is 9.47 Å². The summed E-state index contributed by atoms with van der Waals surface area (Å²) in [5.41, 5.74) is 0. The maximum absolute atomic E-state index is 13.3. The predicted octanol–water partition coefficient (Wildman–Crippen LogP) is 20.2. The van der Waals surface area contributed by atoms with Crippen LogP contribution in [-0.2, 0) is 14.3 Å². The molecule has 0 aromatic heterocycles. The van der Waals surface area contributed by atoms with Gasteiger partial charge in [0.2, 0.25) is 5.91 Å². The summed E-state index contributed by atoms with van der Waals surface area (Å²) in [7, 11) is 0. The number of hydrogen-bond acceptors (Lipinski definition) is 10. The predicted molar refractivity (Wildman–Crippen MR) is 376 cm³/mol.